The van der Waals surface area contributed by atoms with Gasteiger partial charge in [-0.3, -0.25) is 4.79 Å². The van der Waals surface area contributed by atoms with Gasteiger partial charge in [0, 0.05) is 16.8 Å². The number of anilines is 1. The molecule has 3 aromatic carbocycles. The highest BCUT2D eigenvalue weighted by Crippen LogP contribution is 2.28. The number of hydrogen-bond donors (Lipinski definition) is 2. The summed E-state index contributed by atoms with van der Waals surface area (Å²) in [6.07, 6.45) is 0. The smallest absolute Gasteiger partial charge is 0.255 e. The quantitative estimate of drug-likeness (QED) is 0.539. The molecule has 0 unspecified atom stereocenters. The summed E-state index contributed by atoms with van der Waals surface area (Å²) in [5.41, 5.74) is 3.81. The largest absolute Gasteiger partial charge is 0.338 e. The van der Waals surface area contributed by atoms with Gasteiger partial charge in [0.05, 0.1) is 16.1 Å². The number of aromatic nitrogens is 2. The summed E-state index contributed by atoms with van der Waals surface area (Å²) in [7, 11) is 0. The molecule has 0 saturated carbocycles. The van der Waals surface area contributed by atoms with Crippen molar-refractivity contribution in [3.63, 3.8) is 0 Å². The fraction of sp³-hybridized carbons (Fsp3) is 0. The first-order valence-electron chi connectivity index (χ1n) is 7.82. The molecule has 0 aliphatic rings. The molecule has 4 aromatic rings. The number of nitrogens with zero attached hydrogens (tertiary/aromatic N) is 1. The normalized spacial score (nSPS) is 10.8. The number of rotatable bonds is 3. The molecule has 1 amide bonds. The lowest BCUT2D eigenvalue weighted by atomic mass is 10.2. The number of H-pyrrole nitrogens is 1. The second-order valence-electron chi connectivity index (χ2n) is 5.62. The second-order valence-corrected chi connectivity index (χ2v) is 6.02. The Labute approximate surface area is 149 Å². The van der Waals surface area contributed by atoms with Gasteiger partial charge < -0.3 is 10.3 Å². The average Bonchev–Trinajstić information content (AvgIpc) is 3.06. The molecule has 0 saturated heterocycles. The van der Waals surface area contributed by atoms with Crippen molar-refractivity contribution in [2.24, 2.45) is 0 Å². The maximum absolute atomic E-state index is 12.3. The average molecular weight is 348 g/mol. The molecular formula is C20H14ClN3O. The van der Waals surface area contributed by atoms with Crippen LogP contribution in [0.4, 0.5) is 5.69 Å². The van der Waals surface area contributed by atoms with E-state index in [4.69, 9.17) is 11.6 Å². The Morgan fingerprint density at radius 3 is 2.52 bits per heavy atom. The molecule has 0 atom stereocenters. The van der Waals surface area contributed by atoms with Gasteiger partial charge in [0.1, 0.15) is 5.82 Å². The zero-order chi connectivity index (χ0) is 17.2. The van der Waals surface area contributed by atoms with Gasteiger partial charge in [-0.15, -0.1) is 0 Å². The van der Waals surface area contributed by atoms with Crippen LogP contribution < -0.4 is 5.32 Å². The summed E-state index contributed by atoms with van der Waals surface area (Å²) in [6.45, 7) is 0. The molecule has 0 spiro atoms. The van der Waals surface area contributed by atoms with E-state index in [0.717, 1.165) is 16.6 Å². The molecule has 0 fully saturated rings. The summed E-state index contributed by atoms with van der Waals surface area (Å²) in [6, 6.07) is 22.2. The van der Waals surface area contributed by atoms with Crippen LogP contribution in [-0.2, 0) is 0 Å². The minimum Gasteiger partial charge on any atom is -0.338 e. The Bertz CT molecular complexity index is 1060. The molecule has 4 rings (SSSR count). The van der Waals surface area contributed by atoms with Crippen molar-refractivity contribution in [3.05, 3.63) is 83.4 Å². The number of amides is 1. The fourth-order valence-electron chi connectivity index (χ4n) is 2.66. The number of aromatic amines is 1. The van der Waals surface area contributed by atoms with Crippen molar-refractivity contribution < 1.29 is 4.79 Å². The number of hydrogen-bond acceptors (Lipinski definition) is 2. The van der Waals surface area contributed by atoms with Crippen LogP contribution in [0.25, 0.3) is 22.4 Å². The fourth-order valence-corrected chi connectivity index (χ4v) is 2.89. The Kier molecular flexibility index (Phi) is 3.96. The van der Waals surface area contributed by atoms with Gasteiger partial charge in [-0.25, -0.2) is 4.98 Å². The van der Waals surface area contributed by atoms with Gasteiger partial charge in [0.2, 0.25) is 0 Å². The predicted molar refractivity (Wildman–Crippen MR) is 101 cm³/mol. The topological polar surface area (TPSA) is 57.8 Å². The number of imidazole rings is 1. The molecule has 5 heteroatoms. The number of carbonyl (C=O) groups is 1. The van der Waals surface area contributed by atoms with E-state index in [2.05, 4.69) is 15.3 Å². The van der Waals surface area contributed by atoms with Crippen molar-refractivity contribution >= 4 is 34.2 Å². The van der Waals surface area contributed by atoms with Crippen molar-refractivity contribution in [1.82, 2.24) is 9.97 Å². The Morgan fingerprint density at radius 1 is 0.960 bits per heavy atom. The highest BCUT2D eigenvalue weighted by atomic mass is 35.5. The van der Waals surface area contributed by atoms with E-state index < -0.39 is 0 Å². The molecule has 1 aromatic heterocycles. The number of fused-ring (bicyclic) bond motifs is 1. The molecule has 0 bridgehead atoms. The standard InChI is InChI=1S/C20H14ClN3O/c21-16-9-5-4-8-15(16)19-23-17-11-10-14(12-18(17)24-19)22-20(25)13-6-2-1-3-7-13/h1-12H,(H,22,25)(H,23,24). The number of benzene rings is 3. The lowest BCUT2D eigenvalue weighted by Crippen LogP contribution is -2.11. The van der Waals surface area contributed by atoms with Crippen LogP contribution >= 0.6 is 11.6 Å². The molecular weight excluding hydrogens is 334 g/mol. The monoisotopic (exact) mass is 347 g/mol. The van der Waals surface area contributed by atoms with Crippen LogP contribution in [0.15, 0.2) is 72.8 Å². The van der Waals surface area contributed by atoms with E-state index in [1.807, 2.05) is 60.7 Å². The van der Waals surface area contributed by atoms with Crippen molar-refractivity contribution in [2.75, 3.05) is 5.32 Å². The summed E-state index contributed by atoms with van der Waals surface area (Å²) < 4.78 is 0. The molecule has 0 aliphatic heterocycles. The maximum atomic E-state index is 12.3. The van der Waals surface area contributed by atoms with E-state index >= 15 is 0 Å². The molecule has 0 aliphatic carbocycles. The lowest BCUT2D eigenvalue weighted by Gasteiger charge is -2.04. The second kappa shape index (κ2) is 6.42. The van der Waals surface area contributed by atoms with Gasteiger partial charge in [-0.05, 0) is 42.5 Å². The van der Waals surface area contributed by atoms with E-state index in [1.165, 1.54) is 0 Å². The minimum atomic E-state index is -0.147. The van der Waals surface area contributed by atoms with Gasteiger partial charge >= 0.3 is 0 Å². The molecule has 2 N–H and O–H groups in total. The van der Waals surface area contributed by atoms with Crippen LogP contribution in [0.2, 0.25) is 5.02 Å². The highest BCUT2D eigenvalue weighted by Gasteiger charge is 2.10. The molecule has 1 heterocycles. The van der Waals surface area contributed by atoms with Crippen molar-refractivity contribution in [1.29, 1.82) is 0 Å². The molecule has 25 heavy (non-hydrogen) atoms. The van der Waals surface area contributed by atoms with Gasteiger partial charge in [0.25, 0.3) is 5.91 Å². The summed E-state index contributed by atoms with van der Waals surface area (Å²) in [5.74, 6) is 0.554. The number of halogens is 1. The van der Waals surface area contributed by atoms with Crippen molar-refractivity contribution in [2.45, 2.75) is 0 Å². The van der Waals surface area contributed by atoms with Gasteiger partial charge in [0.15, 0.2) is 0 Å². The highest BCUT2D eigenvalue weighted by molar-refractivity contribution is 6.33. The Hall–Kier alpha value is -3.11. The van der Waals surface area contributed by atoms with Crippen molar-refractivity contribution in [3.8, 4) is 11.4 Å². The summed E-state index contributed by atoms with van der Waals surface area (Å²) in [4.78, 5) is 20.1. The van der Waals surface area contributed by atoms with Gasteiger partial charge in [-0.1, -0.05) is 41.9 Å². The first-order chi connectivity index (χ1) is 12.2. The third kappa shape index (κ3) is 3.12. The Morgan fingerprint density at radius 2 is 1.72 bits per heavy atom. The van der Waals surface area contributed by atoms with E-state index in [9.17, 15) is 4.79 Å². The molecule has 0 radical (unpaired) electrons. The minimum absolute atomic E-state index is 0.147. The van der Waals surface area contributed by atoms with Gasteiger partial charge in [-0.2, -0.15) is 0 Å². The van der Waals surface area contributed by atoms with Crippen LogP contribution in [0.5, 0.6) is 0 Å². The molecule has 4 nitrogen and oxygen atoms in total. The van der Waals surface area contributed by atoms with Crippen LogP contribution in [0.1, 0.15) is 10.4 Å². The SMILES string of the molecule is O=C(Nc1ccc2nc(-c3ccccc3Cl)[nH]c2c1)c1ccccc1. The predicted octanol–water partition coefficient (Wildman–Crippen LogP) is 5.14. The lowest BCUT2D eigenvalue weighted by molar-refractivity contribution is 0.102. The van der Waals surface area contributed by atoms with E-state index in [0.29, 0.717) is 22.1 Å². The summed E-state index contributed by atoms with van der Waals surface area (Å²) >= 11 is 6.24. The molecule has 122 valence electrons. The van der Waals surface area contributed by atoms with E-state index in [-0.39, 0.29) is 5.91 Å². The number of nitrogens with one attached hydrogen (secondary N) is 2. The first-order valence-corrected chi connectivity index (χ1v) is 8.19. The van der Waals surface area contributed by atoms with Crippen LogP contribution in [-0.4, -0.2) is 15.9 Å². The zero-order valence-electron chi connectivity index (χ0n) is 13.2. The summed E-state index contributed by atoms with van der Waals surface area (Å²) in [5, 5.41) is 3.54. The Balaban J connectivity index is 1.65. The maximum Gasteiger partial charge on any atom is 0.255 e. The zero-order valence-corrected chi connectivity index (χ0v) is 13.9. The first kappa shape index (κ1) is 15.4. The third-order valence-corrected chi connectivity index (χ3v) is 4.23. The van der Waals surface area contributed by atoms with Crippen LogP contribution in [0, 0.1) is 0 Å². The van der Waals surface area contributed by atoms with E-state index in [1.54, 1.807) is 12.1 Å². The van der Waals surface area contributed by atoms with Crippen LogP contribution in [0.3, 0.4) is 0 Å². The third-order valence-electron chi connectivity index (χ3n) is 3.90. The number of carbonyl (C=O) groups excluding carboxylic acids is 1.